The van der Waals surface area contributed by atoms with Crippen LogP contribution in [0.15, 0.2) is 46.0 Å². The second-order valence-electron chi connectivity index (χ2n) is 7.01. The van der Waals surface area contributed by atoms with Gasteiger partial charge in [-0.2, -0.15) is 10.1 Å². The maximum atomic E-state index is 5.76. The van der Waals surface area contributed by atoms with E-state index < -0.39 is 0 Å². The van der Waals surface area contributed by atoms with Gasteiger partial charge < -0.3 is 14.0 Å². The molecule has 4 aromatic rings. The van der Waals surface area contributed by atoms with Crippen LogP contribution in [-0.2, 0) is 7.05 Å². The number of methoxy groups -OCH3 is 1. The molecule has 0 bridgehead atoms. The molecule has 0 amide bonds. The number of fused-ring (bicyclic) bond motifs is 3. The van der Waals surface area contributed by atoms with Crippen molar-refractivity contribution in [3.8, 4) is 11.5 Å². The van der Waals surface area contributed by atoms with E-state index in [1.807, 2.05) is 48.0 Å². The molecule has 0 fully saturated rings. The molecule has 4 rings (SSSR count). The van der Waals surface area contributed by atoms with Gasteiger partial charge in [0.15, 0.2) is 17.1 Å². The molecule has 2 aromatic heterocycles. The van der Waals surface area contributed by atoms with E-state index in [4.69, 9.17) is 9.47 Å². The molecule has 0 aliphatic heterocycles. The molecule has 31 heavy (non-hydrogen) atoms. The van der Waals surface area contributed by atoms with Crippen molar-refractivity contribution in [2.45, 2.75) is 19.8 Å². The second-order valence-corrected chi connectivity index (χ2v) is 7.93. The van der Waals surface area contributed by atoms with E-state index in [0.717, 1.165) is 50.7 Å². The van der Waals surface area contributed by atoms with Crippen molar-refractivity contribution in [1.29, 1.82) is 0 Å². The van der Waals surface area contributed by atoms with Crippen molar-refractivity contribution in [2.24, 2.45) is 12.1 Å². The van der Waals surface area contributed by atoms with Crippen LogP contribution in [0.1, 0.15) is 25.3 Å². The van der Waals surface area contributed by atoms with Gasteiger partial charge >= 0.3 is 0 Å². The molecular weight excluding hydrogens is 460 g/mol. The maximum absolute atomic E-state index is 5.76. The molecule has 9 heteroatoms. The van der Waals surface area contributed by atoms with Crippen LogP contribution in [0.4, 0.5) is 5.95 Å². The SMILES string of the molecule is CCCCOc1ccc(/C=N/Nc2nnc3c4cc(Br)ccc4n(C)c3n2)cc1OC. The summed E-state index contributed by atoms with van der Waals surface area (Å²) in [5, 5.41) is 13.7. The van der Waals surface area contributed by atoms with Crippen LogP contribution in [0.5, 0.6) is 11.5 Å². The molecule has 2 aromatic carbocycles. The van der Waals surface area contributed by atoms with Crippen molar-refractivity contribution in [3.63, 3.8) is 0 Å². The van der Waals surface area contributed by atoms with Crippen LogP contribution < -0.4 is 14.9 Å². The van der Waals surface area contributed by atoms with Gasteiger partial charge in [0, 0.05) is 16.9 Å². The van der Waals surface area contributed by atoms with Gasteiger partial charge in [0.25, 0.3) is 5.95 Å². The van der Waals surface area contributed by atoms with Gasteiger partial charge in [-0.05, 0) is 48.4 Å². The van der Waals surface area contributed by atoms with Crippen molar-refractivity contribution in [1.82, 2.24) is 19.7 Å². The number of ether oxygens (including phenoxy) is 2. The Hall–Kier alpha value is -3.20. The zero-order chi connectivity index (χ0) is 21.8. The molecule has 0 radical (unpaired) electrons. The Morgan fingerprint density at radius 2 is 2.03 bits per heavy atom. The molecule has 160 valence electrons. The number of rotatable bonds is 8. The monoisotopic (exact) mass is 482 g/mol. The number of hydrogen-bond donors (Lipinski definition) is 1. The zero-order valence-electron chi connectivity index (χ0n) is 17.6. The van der Waals surface area contributed by atoms with Gasteiger partial charge in [-0.15, -0.1) is 10.2 Å². The van der Waals surface area contributed by atoms with E-state index in [0.29, 0.717) is 18.3 Å². The van der Waals surface area contributed by atoms with Crippen molar-refractivity contribution >= 4 is 50.2 Å². The van der Waals surface area contributed by atoms with Gasteiger partial charge in [-0.25, -0.2) is 5.43 Å². The minimum atomic E-state index is 0.320. The largest absolute Gasteiger partial charge is 0.493 e. The van der Waals surface area contributed by atoms with Crippen LogP contribution in [0.25, 0.3) is 22.1 Å². The van der Waals surface area contributed by atoms with Gasteiger partial charge in [-0.3, -0.25) is 0 Å². The van der Waals surface area contributed by atoms with E-state index in [1.165, 1.54) is 0 Å². The molecule has 0 saturated heterocycles. The molecule has 0 atom stereocenters. The van der Waals surface area contributed by atoms with Crippen LogP contribution in [0.2, 0.25) is 0 Å². The van der Waals surface area contributed by atoms with Crippen molar-refractivity contribution in [2.75, 3.05) is 19.1 Å². The predicted molar refractivity (Wildman–Crippen MR) is 126 cm³/mol. The maximum Gasteiger partial charge on any atom is 0.265 e. The first-order valence-electron chi connectivity index (χ1n) is 9.99. The van der Waals surface area contributed by atoms with E-state index in [-0.39, 0.29) is 0 Å². The Bertz CT molecular complexity index is 1250. The minimum absolute atomic E-state index is 0.320. The third kappa shape index (κ3) is 4.46. The quantitative estimate of drug-likeness (QED) is 0.218. The number of nitrogens with one attached hydrogen (secondary N) is 1. The van der Waals surface area contributed by atoms with Gasteiger partial charge in [0.05, 0.1) is 25.4 Å². The first kappa shape index (κ1) is 21.0. The lowest BCUT2D eigenvalue weighted by Gasteiger charge is -2.10. The zero-order valence-corrected chi connectivity index (χ0v) is 19.2. The molecule has 0 unspecified atom stereocenters. The molecule has 1 N–H and O–H groups in total. The average Bonchev–Trinajstić information content (AvgIpc) is 3.05. The topological polar surface area (TPSA) is 86.5 Å². The number of nitrogens with zero attached hydrogens (tertiary/aromatic N) is 5. The van der Waals surface area contributed by atoms with Gasteiger partial charge in [0.1, 0.15) is 5.52 Å². The van der Waals surface area contributed by atoms with E-state index >= 15 is 0 Å². The Kier molecular flexibility index (Phi) is 6.31. The number of aryl methyl sites for hydroxylation is 1. The third-order valence-corrected chi connectivity index (χ3v) is 5.38. The molecule has 0 aliphatic carbocycles. The first-order chi connectivity index (χ1) is 15.1. The fourth-order valence-electron chi connectivity index (χ4n) is 3.25. The van der Waals surface area contributed by atoms with Crippen molar-refractivity contribution in [3.05, 3.63) is 46.4 Å². The standard InChI is InChI=1S/C22H23BrN6O2/c1-4-5-10-31-18-9-6-14(11-19(18)30-3)13-24-27-22-25-21-20(26-28-22)16-12-15(23)7-8-17(16)29(21)2/h6-9,11-13H,4-5,10H2,1-3H3,(H,25,27,28)/b24-13+. The summed E-state index contributed by atoms with van der Waals surface area (Å²) in [6, 6.07) is 11.7. The van der Waals surface area contributed by atoms with E-state index in [2.05, 4.69) is 48.6 Å². The van der Waals surface area contributed by atoms with Gasteiger partial charge in [0.2, 0.25) is 0 Å². The highest BCUT2D eigenvalue weighted by Gasteiger charge is 2.12. The first-order valence-corrected chi connectivity index (χ1v) is 10.8. The van der Waals surface area contributed by atoms with Crippen LogP contribution in [0, 0.1) is 0 Å². The molecule has 8 nitrogen and oxygen atoms in total. The van der Waals surface area contributed by atoms with E-state index in [1.54, 1.807) is 13.3 Å². The Morgan fingerprint density at radius 1 is 1.16 bits per heavy atom. The molecule has 0 spiro atoms. The smallest absolute Gasteiger partial charge is 0.265 e. The summed E-state index contributed by atoms with van der Waals surface area (Å²) in [4.78, 5) is 4.57. The lowest BCUT2D eigenvalue weighted by atomic mass is 10.2. The summed E-state index contributed by atoms with van der Waals surface area (Å²) in [5.74, 6) is 1.71. The van der Waals surface area contributed by atoms with Gasteiger partial charge in [-0.1, -0.05) is 29.3 Å². The Balaban J connectivity index is 1.52. The lowest BCUT2D eigenvalue weighted by molar-refractivity contribution is 0.288. The van der Waals surface area contributed by atoms with E-state index in [9.17, 15) is 0 Å². The highest BCUT2D eigenvalue weighted by Crippen LogP contribution is 2.29. The fraction of sp³-hybridized carbons (Fsp3) is 0.273. The number of unbranched alkanes of at least 4 members (excludes halogenated alkanes) is 1. The Morgan fingerprint density at radius 3 is 2.84 bits per heavy atom. The number of anilines is 1. The summed E-state index contributed by atoms with van der Waals surface area (Å²) in [6.07, 6.45) is 3.75. The van der Waals surface area contributed by atoms with Crippen LogP contribution in [-0.4, -0.2) is 39.7 Å². The summed E-state index contributed by atoms with van der Waals surface area (Å²) < 4.78 is 14.2. The summed E-state index contributed by atoms with van der Waals surface area (Å²) >= 11 is 3.50. The predicted octanol–water partition coefficient (Wildman–Crippen LogP) is 4.91. The molecule has 0 aliphatic rings. The van der Waals surface area contributed by atoms with Crippen LogP contribution in [0.3, 0.4) is 0 Å². The number of hydrogen-bond acceptors (Lipinski definition) is 7. The lowest BCUT2D eigenvalue weighted by Crippen LogP contribution is -2.01. The summed E-state index contributed by atoms with van der Waals surface area (Å²) in [5.41, 5.74) is 6.22. The summed E-state index contributed by atoms with van der Waals surface area (Å²) in [7, 11) is 3.58. The average molecular weight is 483 g/mol. The third-order valence-electron chi connectivity index (χ3n) is 4.88. The second kappa shape index (κ2) is 9.30. The molecule has 0 saturated carbocycles. The normalized spacial score (nSPS) is 11.5. The highest BCUT2D eigenvalue weighted by molar-refractivity contribution is 9.10. The molecular formula is C22H23BrN6O2. The number of aromatic nitrogens is 4. The van der Waals surface area contributed by atoms with Crippen molar-refractivity contribution < 1.29 is 9.47 Å². The fourth-order valence-corrected chi connectivity index (χ4v) is 3.61. The summed E-state index contributed by atoms with van der Waals surface area (Å²) in [6.45, 7) is 2.79. The number of benzene rings is 2. The number of hydrazone groups is 1. The highest BCUT2D eigenvalue weighted by atomic mass is 79.9. The number of halogens is 1. The van der Waals surface area contributed by atoms with Crippen LogP contribution >= 0.6 is 15.9 Å². The molecule has 2 heterocycles. The minimum Gasteiger partial charge on any atom is -0.493 e. The Labute approximate surface area is 188 Å².